The van der Waals surface area contributed by atoms with E-state index in [0.29, 0.717) is 5.13 Å². The molecule has 0 aliphatic heterocycles. The molecule has 0 bridgehead atoms. The van der Waals surface area contributed by atoms with Gasteiger partial charge in [-0.25, -0.2) is 4.98 Å². The summed E-state index contributed by atoms with van der Waals surface area (Å²) in [6.45, 7) is 3.56. The van der Waals surface area contributed by atoms with Gasteiger partial charge in [0.1, 0.15) is 0 Å². The summed E-state index contributed by atoms with van der Waals surface area (Å²) in [5, 5.41) is 5.10. The van der Waals surface area contributed by atoms with E-state index in [9.17, 15) is 9.59 Å². The van der Waals surface area contributed by atoms with Crippen LogP contribution in [0.3, 0.4) is 0 Å². The third-order valence-electron chi connectivity index (χ3n) is 2.82. The number of nitrogens with one attached hydrogen (secondary N) is 1. The fraction of sp³-hybridized carbons (Fsp3) is 0.267. The molecule has 0 aliphatic rings. The van der Waals surface area contributed by atoms with Gasteiger partial charge in [-0.05, 0) is 12.0 Å². The molecule has 6 heteroatoms. The van der Waals surface area contributed by atoms with Gasteiger partial charge < -0.3 is 5.32 Å². The van der Waals surface area contributed by atoms with Gasteiger partial charge in [0.05, 0.1) is 11.4 Å². The second-order valence-corrected chi connectivity index (χ2v) is 6.43. The lowest BCUT2D eigenvalue weighted by Gasteiger charge is -2.00. The molecule has 0 spiro atoms. The number of anilines is 1. The van der Waals surface area contributed by atoms with Gasteiger partial charge in [-0.2, -0.15) is 0 Å². The van der Waals surface area contributed by atoms with Gasteiger partial charge in [0.2, 0.25) is 5.91 Å². The third kappa shape index (κ3) is 4.68. The van der Waals surface area contributed by atoms with Crippen molar-refractivity contribution in [1.82, 2.24) is 4.98 Å². The van der Waals surface area contributed by atoms with Gasteiger partial charge >= 0.3 is 0 Å². The highest BCUT2D eigenvalue weighted by molar-refractivity contribution is 8.14. The van der Waals surface area contributed by atoms with Crippen LogP contribution in [0.4, 0.5) is 5.13 Å². The average Bonchev–Trinajstić information content (AvgIpc) is 2.93. The van der Waals surface area contributed by atoms with Crippen molar-refractivity contribution in [3.8, 4) is 11.3 Å². The average molecular weight is 320 g/mol. The molecule has 1 aromatic heterocycles. The first-order chi connectivity index (χ1) is 10.1. The van der Waals surface area contributed by atoms with Crippen LogP contribution in [0.25, 0.3) is 11.3 Å². The Morgan fingerprint density at radius 2 is 2.00 bits per heavy atom. The second-order valence-electron chi connectivity index (χ2n) is 4.42. The molecule has 0 fully saturated rings. The predicted octanol–water partition coefficient (Wildman–Crippen LogP) is 3.59. The summed E-state index contributed by atoms with van der Waals surface area (Å²) in [4.78, 5) is 26.8. The molecule has 110 valence electrons. The minimum atomic E-state index is -0.211. The summed E-state index contributed by atoms with van der Waals surface area (Å²) in [7, 11) is 0. The smallest absolute Gasteiger partial charge is 0.236 e. The maximum atomic E-state index is 11.6. The minimum Gasteiger partial charge on any atom is -0.301 e. The third-order valence-corrected chi connectivity index (χ3v) is 4.39. The van der Waals surface area contributed by atoms with Crippen LogP contribution in [0, 0.1) is 0 Å². The van der Waals surface area contributed by atoms with Crippen LogP contribution >= 0.6 is 23.1 Å². The molecule has 21 heavy (non-hydrogen) atoms. The molecule has 0 radical (unpaired) electrons. The summed E-state index contributed by atoms with van der Waals surface area (Å²) in [5.74, 6) is -0.0902. The Bertz CT molecular complexity index is 635. The summed E-state index contributed by atoms with van der Waals surface area (Å²) in [6.07, 6.45) is 1.01. The van der Waals surface area contributed by atoms with Crippen LogP contribution in [0.15, 0.2) is 29.6 Å². The summed E-state index contributed by atoms with van der Waals surface area (Å²) in [5.41, 5.74) is 3.16. The van der Waals surface area contributed by atoms with Gasteiger partial charge in [0.15, 0.2) is 10.2 Å². The fourth-order valence-electron chi connectivity index (χ4n) is 1.70. The van der Waals surface area contributed by atoms with E-state index in [1.807, 2.05) is 17.5 Å². The number of carbonyl (C=O) groups is 2. The highest BCUT2D eigenvalue weighted by Gasteiger charge is 2.09. The molecule has 2 aromatic rings. The number of thiazole rings is 1. The van der Waals surface area contributed by atoms with Gasteiger partial charge in [-0.3, -0.25) is 9.59 Å². The van der Waals surface area contributed by atoms with Crippen molar-refractivity contribution in [2.45, 2.75) is 20.3 Å². The molecule has 2 rings (SSSR count). The molecular weight excluding hydrogens is 304 g/mol. The molecule has 1 N–H and O–H groups in total. The van der Waals surface area contributed by atoms with E-state index in [1.54, 1.807) is 0 Å². The van der Waals surface area contributed by atoms with E-state index in [4.69, 9.17) is 0 Å². The van der Waals surface area contributed by atoms with Gasteiger partial charge in [0, 0.05) is 17.9 Å². The van der Waals surface area contributed by atoms with Crippen molar-refractivity contribution >= 4 is 39.3 Å². The maximum Gasteiger partial charge on any atom is 0.236 e. The number of hydrogen-bond acceptors (Lipinski definition) is 5. The van der Waals surface area contributed by atoms with Gasteiger partial charge in [-0.15, -0.1) is 11.3 Å². The molecule has 4 nitrogen and oxygen atoms in total. The zero-order chi connectivity index (χ0) is 15.2. The number of benzene rings is 1. The first kappa shape index (κ1) is 15.7. The molecule has 0 atom stereocenters. The molecule has 0 aliphatic carbocycles. The van der Waals surface area contributed by atoms with Crippen molar-refractivity contribution in [2.75, 3.05) is 11.1 Å². The lowest BCUT2D eigenvalue weighted by atomic mass is 10.1. The van der Waals surface area contributed by atoms with Crippen LogP contribution in [0.1, 0.15) is 19.4 Å². The number of amides is 1. The highest BCUT2D eigenvalue weighted by atomic mass is 32.2. The Kier molecular flexibility index (Phi) is 5.52. The van der Waals surface area contributed by atoms with Crippen LogP contribution < -0.4 is 5.32 Å². The van der Waals surface area contributed by atoms with Crippen molar-refractivity contribution < 1.29 is 9.59 Å². The molecule has 0 saturated carbocycles. The topological polar surface area (TPSA) is 59.1 Å². The Hall–Kier alpha value is -1.66. The van der Waals surface area contributed by atoms with Crippen molar-refractivity contribution in [2.24, 2.45) is 0 Å². The highest BCUT2D eigenvalue weighted by Crippen LogP contribution is 2.25. The van der Waals surface area contributed by atoms with E-state index >= 15 is 0 Å². The fourth-order valence-corrected chi connectivity index (χ4v) is 2.84. The monoisotopic (exact) mass is 320 g/mol. The normalized spacial score (nSPS) is 10.4. The quantitative estimate of drug-likeness (QED) is 0.914. The number of thioether (sulfide) groups is 1. The van der Waals surface area contributed by atoms with E-state index in [0.717, 1.165) is 29.4 Å². The molecule has 1 aromatic carbocycles. The molecule has 0 saturated heterocycles. The Labute approximate surface area is 132 Å². The summed E-state index contributed by atoms with van der Waals surface area (Å²) < 4.78 is 0. The number of hydrogen-bond donors (Lipinski definition) is 1. The summed E-state index contributed by atoms with van der Waals surface area (Å²) in [6, 6.07) is 8.23. The van der Waals surface area contributed by atoms with Crippen LogP contribution in [0.2, 0.25) is 0 Å². The number of aromatic nitrogens is 1. The molecule has 0 unspecified atom stereocenters. The van der Waals surface area contributed by atoms with E-state index in [1.165, 1.54) is 23.8 Å². The van der Waals surface area contributed by atoms with Gasteiger partial charge in [0.25, 0.3) is 0 Å². The van der Waals surface area contributed by atoms with Crippen LogP contribution in [0.5, 0.6) is 0 Å². The number of carbonyl (C=O) groups excluding carboxylic acids is 2. The second kappa shape index (κ2) is 7.38. The van der Waals surface area contributed by atoms with E-state index < -0.39 is 0 Å². The first-order valence-electron chi connectivity index (χ1n) is 6.56. The molecule has 1 heterocycles. The Morgan fingerprint density at radius 1 is 1.29 bits per heavy atom. The molecular formula is C15H16N2O2S2. The van der Waals surface area contributed by atoms with Crippen molar-refractivity contribution in [3.63, 3.8) is 0 Å². The number of aryl methyl sites for hydroxylation is 1. The first-order valence-corrected chi connectivity index (χ1v) is 8.43. The van der Waals surface area contributed by atoms with E-state index in [-0.39, 0.29) is 16.8 Å². The van der Waals surface area contributed by atoms with Crippen LogP contribution in [-0.2, 0) is 16.0 Å². The maximum absolute atomic E-state index is 11.6. The zero-order valence-electron chi connectivity index (χ0n) is 11.9. The molecule has 1 amide bonds. The minimum absolute atomic E-state index is 0.0685. The van der Waals surface area contributed by atoms with Crippen molar-refractivity contribution in [3.05, 3.63) is 35.2 Å². The van der Waals surface area contributed by atoms with Crippen LogP contribution in [-0.4, -0.2) is 21.8 Å². The largest absolute Gasteiger partial charge is 0.301 e. The Balaban J connectivity index is 2.00. The lowest BCUT2D eigenvalue weighted by molar-refractivity contribution is -0.114. The van der Waals surface area contributed by atoms with Gasteiger partial charge in [-0.1, -0.05) is 43.0 Å². The standard InChI is InChI=1S/C15H16N2O2S2/c1-3-11-4-6-12(7-5-11)13-8-21-15(16-13)17-14(19)9-20-10(2)18/h4-8H,3,9H2,1-2H3,(H,16,17,19). The SMILES string of the molecule is CCc1ccc(-c2csc(NC(=O)CSC(C)=O)n2)cc1. The Morgan fingerprint density at radius 3 is 2.62 bits per heavy atom. The lowest BCUT2D eigenvalue weighted by Crippen LogP contribution is -2.14. The number of nitrogens with zero attached hydrogens (tertiary/aromatic N) is 1. The predicted molar refractivity (Wildman–Crippen MR) is 88.7 cm³/mol. The van der Waals surface area contributed by atoms with E-state index in [2.05, 4.69) is 29.4 Å². The van der Waals surface area contributed by atoms with Crippen molar-refractivity contribution in [1.29, 1.82) is 0 Å². The number of rotatable bonds is 5. The zero-order valence-corrected chi connectivity index (χ0v) is 13.5. The summed E-state index contributed by atoms with van der Waals surface area (Å²) >= 11 is 2.37.